The van der Waals surface area contributed by atoms with Crippen LogP contribution in [-0.2, 0) is 6.61 Å². The Kier molecular flexibility index (Phi) is 6.85. The lowest BCUT2D eigenvalue weighted by Crippen LogP contribution is -2.20. The Hall–Kier alpha value is -5.40. The smallest absolute Gasteiger partial charge is 0.282 e. The fraction of sp³-hybridized carbons (Fsp3) is 0.0571. The lowest BCUT2D eigenvalue weighted by molar-refractivity contribution is 0.285. The highest BCUT2D eigenvalue weighted by molar-refractivity contribution is 6.31. The Balaban J connectivity index is 1.32. The zero-order valence-corrected chi connectivity index (χ0v) is 23.8. The SMILES string of the molecule is COc1cccc(C=Nn2c(-c3cc4cc(Cl)ccc4o3)nc3ccccc3c2=O)c1OCc1cccc2ccccc12. The molecule has 0 atom stereocenters. The van der Waals surface area contributed by atoms with Crippen LogP contribution in [-0.4, -0.2) is 23.0 Å². The Morgan fingerprint density at radius 2 is 1.67 bits per heavy atom. The van der Waals surface area contributed by atoms with Gasteiger partial charge in [0.1, 0.15) is 12.2 Å². The molecule has 8 heteroatoms. The van der Waals surface area contributed by atoms with Crippen molar-refractivity contribution in [2.75, 3.05) is 7.11 Å². The van der Waals surface area contributed by atoms with E-state index in [2.05, 4.69) is 23.3 Å². The van der Waals surface area contributed by atoms with E-state index in [4.69, 9.17) is 30.5 Å². The summed E-state index contributed by atoms with van der Waals surface area (Å²) in [5.74, 6) is 1.69. The third-order valence-corrected chi connectivity index (χ3v) is 7.48. The summed E-state index contributed by atoms with van der Waals surface area (Å²) in [5, 5.41) is 8.67. The van der Waals surface area contributed by atoms with E-state index in [1.807, 2.05) is 48.5 Å². The number of hydrogen-bond donors (Lipinski definition) is 0. The summed E-state index contributed by atoms with van der Waals surface area (Å²) in [6.45, 7) is 0.312. The van der Waals surface area contributed by atoms with E-state index in [9.17, 15) is 4.79 Å². The van der Waals surface area contributed by atoms with Crippen LogP contribution < -0.4 is 15.0 Å². The molecule has 7 nitrogen and oxygen atoms in total. The number of ether oxygens (including phenoxy) is 2. The molecule has 0 bridgehead atoms. The molecule has 0 aliphatic carbocycles. The number of benzene rings is 5. The van der Waals surface area contributed by atoms with Crippen LogP contribution in [0.5, 0.6) is 11.5 Å². The maximum Gasteiger partial charge on any atom is 0.282 e. The van der Waals surface area contributed by atoms with Gasteiger partial charge in [-0.15, -0.1) is 0 Å². The van der Waals surface area contributed by atoms with E-state index in [0.29, 0.717) is 50.9 Å². The van der Waals surface area contributed by atoms with Crippen molar-refractivity contribution in [1.82, 2.24) is 9.66 Å². The van der Waals surface area contributed by atoms with Gasteiger partial charge in [0, 0.05) is 16.0 Å². The maximum atomic E-state index is 13.7. The molecule has 0 aliphatic rings. The minimum atomic E-state index is -0.337. The van der Waals surface area contributed by atoms with Gasteiger partial charge in [-0.25, -0.2) is 4.98 Å². The highest BCUT2D eigenvalue weighted by Crippen LogP contribution is 2.33. The lowest BCUT2D eigenvalue weighted by Gasteiger charge is -2.14. The molecule has 0 N–H and O–H groups in total. The van der Waals surface area contributed by atoms with Crippen LogP contribution in [0, 0.1) is 0 Å². The zero-order chi connectivity index (χ0) is 29.3. The molecular weight excluding hydrogens is 562 g/mol. The zero-order valence-electron chi connectivity index (χ0n) is 23.0. The van der Waals surface area contributed by atoms with Gasteiger partial charge >= 0.3 is 0 Å². The number of fused-ring (bicyclic) bond motifs is 3. The molecule has 7 aromatic rings. The van der Waals surface area contributed by atoms with Gasteiger partial charge in [-0.2, -0.15) is 9.78 Å². The van der Waals surface area contributed by atoms with Crippen molar-refractivity contribution in [3.63, 3.8) is 0 Å². The first kappa shape index (κ1) is 26.5. The average molecular weight is 586 g/mol. The first-order valence-electron chi connectivity index (χ1n) is 13.6. The summed E-state index contributed by atoms with van der Waals surface area (Å²) in [4.78, 5) is 18.5. The van der Waals surface area contributed by atoms with Gasteiger partial charge in [-0.1, -0.05) is 72.3 Å². The molecule has 2 aromatic heterocycles. The summed E-state index contributed by atoms with van der Waals surface area (Å²) in [7, 11) is 1.59. The molecule has 0 fully saturated rings. The van der Waals surface area contributed by atoms with Crippen molar-refractivity contribution in [2.45, 2.75) is 6.61 Å². The predicted octanol–water partition coefficient (Wildman–Crippen LogP) is 8.09. The largest absolute Gasteiger partial charge is 0.493 e. The Morgan fingerprint density at radius 3 is 2.56 bits per heavy atom. The third kappa shape index (κ3) is 5.00. The van der Waals surface area contributed by atoms with E-state index < -0.39 is 0 Å². The van der Waals surface area contributed by atoms with E-state index in [1.165, 1.54) is 4.68 Å². The van der Waals surface area contributed by atoms with Gasteiger partial charge in [0.15, 0.2) is 17.3 Å². The topological polar surface area (TPSA) is 78.9 Å². The van der Waals surface area contributed by atoms with Crippen LogP contribution in [0.4, 0.5) is 0 Å². The fourth-order valence-corrected chi connectivity index (χ4v) is 5.33. The van der Waals surface area contributed by atoms with Crippen LogP contribution in [0.1, 0.15) is 11.1 Å². The van der Waals surface area contributed by atoms with Crippen LogP contribution in [0.15, 0.2) is 124 Å². The summed E-state index contributed by atoms with van der Waals surface area (Å²) >= 11 is 6.20. The highest BCUT2D eigenvalue weighted by Gasteiger charge is 2.17. The number of methoxy groups -OCH3 is 1. The molecule has 0 saturated heterocycles. The number of halogens is 1. The minimum Gasteiger partial charge on any atom is -0.493 e. The first-order chi connectivity index (χ1) is 21.1. The molecule has 5 aromatic carbocycles. The van der Waals surface area contributed by atoms with Crippen LogP contribution in [0.25, 0.3) is 44.2 Å². The van der Waals surface area contributed by atoms with Gasteiger partial charge in [0.05, 0.1) is 24.2 Å². The average Bonchev–Trinajstić information content (AvgIpc) is 3.46. The number of hydrogen-bond acceptors (Lipinski definition) is 6. The van der Waals surface area contributed by atoms with Crippen molar-refractivity contribution >= 4 is 50.5 Å². The van der Waals surface area contributed by atoms with Gasteiger partial charge in [-0.3, -0.25) is 4.79 Å². The molecule has 0 amide bonds. The summed E-state index contributed by atoms with van der Waals surface area (Å²) in [5.41, 5.74) is 2.48. The Labute approximate surface area is 251 Å². The van der Waals surface area contributed by atoms with Gasteiger partial charge in [0.25, 0.3) is 5.56 Å². The monoisotopic (exact) mass is 585 g/mol. The quantitative estimate of drug-likeness (QED) is 0.177. The van der Waals surface area contributed by atoms with E-state index >= 15 is 0 Å². The first-order valence-corrected chi connectivity index (χ1v) is 14.0. The van der Waals surface area contributed by atoms with Gasteiger partial charge < -0.3 is 13.9 Å². The molecule has 0 spiro atoms. The van der Waals surface area contributed by atoms with Gasteiger partial charge in [0.2, 0.25) is 5.82 Å². The minimum absolute atomic E-state index is 0.258. The molecule has 43 heavy (non-hydrogen) atoms. The van der Waals surface area contributed by atoms with E-state index in [0.717, 1.165) is 21.7 Å². The molecule has 0 aliphatic heterocycles. The van der Waals surface area contributed by atoms with Crippen LogP contribution in [0.2, 0.25) is 5.02 Å². The third-order valence-electron chi connectivity index (χ3n) is 7.25. The molecule has 0 unspecified atom stereocenters. The molecule has 2 heterocycles. The summed E-state index contributed by atoms with van der Waals surface area (Å²) in [6.07, 6.45) is 1.57. The molecule has 210 valence electrons. The van der Waals surface area contributed by atoms with E-state index in [-0.39, 0.29) is 11.4 Å². The van der Waals surface area contributed by atoms with E-state index in [1.54, 1.807) is 55.8 Å². The second kappa shape index (κ2) is 11.1. The van der Waals surface area contributed by atoms with Crippen LogP contribution in [0.3, 0.4) is 0 Å². The number of furan rings is 1. The predicted molar refractivity (Wildman–Crippen MR) is 170 cm³/mol. The molecule has 0 radical (unpaired) electrons. The molecule has 7 rings (SSSR count). The lowest BCUT2D eigenvalue weighted by atomic mass is 10.1. The van der Waals surface area contributed by atoms with Crippen LogP contribution >= 0.6 is 11.6 Å². The summed E-state index contributed by atoms with van der Waals surface area (Å²) in [6, 6.07) is 34.1. The molecular formula is C35H24ClN3O4. The number of para-hydroxylation sites is 2. The second-order valence-electron chi connectivity index (χ2n) is 9.91. The van der Waals surface area contributed by atoms with Crippen molar-refractivity contribution in [3.05, 3.63) is 136 Å². The fourth-order valence-electron chi connectivity index (χ4n) is 5.15. The van der Waals surface area contributed by atoms with Crippen molar-refractivity contribution in [2.24, 2.45) is 5.10 Å². The Morgan fingerprint density at radius 1 is 0.884 bits per heavy atom. The Bertz CT molecular complexity index is 2230. The highest BCUT2D eigenvalue weighted by atomic mass is 35.5. The normalized spacial score (nSPS) is 11.6. The van der Waals surface area contributed by atoms with Crippen molar-refractivity contribution < 1.29 is 13.9 Å². The summed E-state index contributed by atoms with van der Waals surface area (Å²) < 4.78 is 19.3. The molecule has 0 saturated carbocycles. The maximum absolute atomic E-state index is 13.7. The van der Waals surface area contributed by atoms with Crippen molar-refractivity contribution in [1.29, 1.82) is 0 Å². The van der Waals surface area contributed by atoms with Gasteiger partial charge in [-0.05, 0) is 64.9 Å². The number of rotatable bonds is 7. The number of aromatic nitrogens is 2. The second-order valence-corrected chi connectivity index (χ2v) is 10.3. The standard InChI is InChI=1S/C35H24ClN3O4/c1-41-31-15-7-10-23(33(31)42-21-24-11-6-9-22-8-2-3-12-27(22)24)20-37-39-34(38-29-14-5-4-13-28(29)35(39)40)32-19-25-18-26(36)16-17-30(25)43-32/h2-20H,21H2,1H3. The van der Waals surface area contributed by atoms with Crippen molar-refractivity contribution in [3.8, 4) is 23.1 Å². The number of nitrogens with zero attached hydrogens (tertiary/aromatic N) is 3.